The molecule has 25 heavy (non-hydrogen) atoms. The van der Waals surface area contributed by atoms with Crippen molar-refractivity contribution in [3.05, 3.63) is 59.7 Å². The van der Waals surface area contributed by atoms with Gasteiger partial charge in [-0.3, -0.25) is 4.79 Å². The summed E-state index contributed by atoms with van der Waals surface area (Å²) in [5, 5.41) is 7.16. The second-order valence-electron chi connectivity index (χ2n) is 5.51. The second kappa shape index (κ2) is 7.12. The lowest BCUT2D eigenvalue weighted by Crippen LogP contribution is -2.14. The number of ether oxygens (including phenoxy) is 1. The zero-order valence-electron chi connectivity index (χ0n) is 14.4. The zero-order valence-corrected chi connectivity index (χ0v) is 14.4. The van der Waals surface area contributed by atoms with Gasteiger partial charge >= 0.3 is 0 Å². The van der Waals surface area contributed by atoms with Crippen LogP contribution in [0.2, 0.25) is 0 Å². The van der Waals surface area contributed by atoms with Gasteiger partial charge in [0.1, 0.15) is 17.9 Å². The Labute approximate surface area is 145 Å². The van der Waals surface area contributed by atoms with Crippen LogP contribution in [0.15, 0.2) is 42.7 Å². The molecule has 0 saturated carbocycles. The number of nitrogens with one attached hydrogen (secondary N) is 1. The Balaban J connectivity index is 1.77. The Morgan fingerprint density at radius 1 is 1.16 bits per heavy atom. The Bertz CT molecular complexity index is 887. The summed E-state index contributed by atoms with van der Waals surface area (Å²) in [4.78, 5) is 20.7. The van der Waals surface area contributed by atoms with E-state index in [9.17, 15) is 4.79 Å². The largest absolute Gasteiger partial charge is 0.494 e. The maximum atomic E-state index is 12.4. The molecule has 3 rings (SSSR count). The lowest BCUT2D eigenvalue weighted by molar-refractivity contribution is 0.102. The van der Waals surface area contributed by atoms with Crippen LogP contribution >= 0.6 is 0 Å². The summed E-state index contributed by atoms with van der Waals surface area (Å²) < 4.78 is 7.09. The first kappa shape index (κ1) is 16.6. The van der Waals surface area contributed by atoms with Crippen LogP contribution < -0.4 is 10.1 Å². The highest BCUT2D eigenvalue weighted by Gasteiger charge is 2.10. The number of anilines is 1. The molecule has 3 aromatic rings. The van der Waals surface area contributed by atoms with E-state index in [1.54, 1.807) is 35.0 Å². The van der Waals surface area contributed by atoms with E-state index in [1.807, 2.05) is 26.8 Å². The molecule has 0 aliphatic heterocycles. The second-order valence-corrected chi connectivity index (χ2v) is 5.51. The monoisotopic (exact) mass is 337 g/mol. The Morgan fingerprint density at radius 2 is 1.92 bits per heavy atom. The molecule has 0 spiro atoms. The minimum absolute atomic E-state index is 0.249. The number of carbonyl (C=O) groups excluding carboxylic acids is 1. The van der Waals surface area contributed by atoms with Gasteiger partial charge in [-0.05, 0) is 51.1 Å². The molecule has 7 heteroatoms. The molecule has 0 atom stereocenters. The van der Waals surface area contributed by atoms with Crippen LogP contribution in [0.5, 0.6) is 5.75 Å². The molecular formula is C18H19N5O2. The smallest absolute Gasteiger partial charge is 0.256 e. The van der Waals surface area contributed by atoms with Gasteiger partial charge in [-0.2, -0.15) is 5.10 Å². The highest BCUT2D eigenvalue weighted by Crippen LogP contribution is 2.15. The molecule has 1 aromatic carbocycles. The minimum Gasteiger partial charge on any atom is -0.494 e. The van der Waals surface area contributed by atoms with Crippen LogP contribution in [0.25, 0.3) is 5.82 Å². The van der Waals surface area contributed by atoms with Crippen LogP contribution in [0.4, 0.5) is 5.82 Å². The third-order valence-electron chi connectivity index (χ3n) is 3.55. The number of benzene rings is 1. The highest BCUT2D eigenvalue weighted by molar-refractivity contribution is 6.03. The maximum absolute atomic E-state index is 12.4. The van der Waals surface area contributed by atoms with E-state index in [0.717, 1.165) is 17.1 Å². The lowest BCUT2D eigenvalue weighted by atomic mass is 10.2. The number of hydrogen-bond acceptors (Lipinski definition) is 5. The molecule has 1 amide bonds. The van der Waals surface area contributed by atoms with Crippen LogP contribution in [0, 0.1) is 13.8 Å². The van der Waals surface area contributed by atoms with Crippen molar-refractivity contribution in [3.8, 4) is 11.6 Å². The summed E-state index contributed by atoms with van der Waals surface area (Å²) in [6.45, 7) is 6.36. The van der Waals surface area contributed by atoms with E-state index in [0.29, 0.717) is 23.8 Å². The fourth-order valence-corrected chi connectivity index (χ4v) is 2.45. The number of aryl methyl sites for hydroxylation is 2. The number of rotatable bonds is 5. The van der Waals surface area contributed by atoms with Crippen molar-refractivity contribution in [2.45, 2.75) is 20.8 Å². The van der Waals surface area contributed by atoms with Crippen molar-refractivity contribution in [2.75, 3.05) is 11.9 Å². The lowest BCUT2D eigenvalue weighted by Gasteiger charge is -2.08. The summed E-state index contributed by atoms with van der Waals surface area (Å²) in [6, 6.07) is 10.6. The van der Waals surface area contributed by atoms with Crippen LogP contribution in [0.3, 0.4) is 0 Å². The number of hydrogen-bond donors (Lipinski definition) is 1. The first-order chi connectivity index (χ1) is 12.1. The third-order valence-corrected chi connectivity index (χ3v) is 3.55. The molecule has 2 aromatic heterocycles. The van der Waals surface area contributed by atoms with Gasteiger partial charge in [-0.1, -0.05) is 0 Å². The number of aromatic nitrogens is 4. The topological polar surface area (TPSA) is 81.9 Å². The van der Waals surface area contributed by atoms with Crippen molar-refractivity contribution in [1.29, 1.82) is 0 Å². The first-order valence-electron chi connectivity index (χ1n) is 7.96. The normalized spacial score (nSPS) is 10.5. The van der Waals surface area contributed by atoms with Crippen LogP contribution in [-0.4, -0.2) is 32.3 Å². The Morgan fingerprint density at radius 3 is 2.56 bits per heavy atom. The van der Waals surface area contributed by atoms with E-state index in [4.69, 9.17) is 4.74 Å². The fourth-order valence-electron chi connectivity index (χ4n) is 2.45. The van der Waals surface area contributed by atoms with E-state index < -0.39 is 0 Å². The molecule has 2 heterocycles. The molecule has 128 valence electrons. The van der Waals surface area contributed by atoms with E-state index in [2.05, 4.69) is 20.4 Å². The van der Waals surface area contributed by atoms with Crippen molar-refractivity contribution in [2.24, 2.45) is 0 Å². The van der Waals surface area contributed by atoms with Crippen molar-refractivity contribution >= 4 is 11.7 Å². The summed E-state index contributed by atoms with van der Waals surface area (Å²) in [5.41, 5.74) is 2.38. The SMILES string of the molecule is CCOc1ccc(C(=O)Nc2cc(-n3nc(C)cc3C)ncn2)cc1. The molecule has 0 fully saturated rings. The molecule has 0 saturated heterocycles. The number of nitrogens with zero attached hydrogens (tertiary/aromatic N) is 4. The van der Waals surface area contributed by atoms with E-state index >= 15 is 0 Å². The van der Waals surface area contributed by atoms with E-state index in [-0.39, 0.29) is 5.91 Å². The molecule has 0 unspecified atom stereocenters. The first-order valence-corrected chi connectivity index (χ1v) is 7.96. The van der Waals surface area contributed by atoms with Crippen molar-refractivity contribution in [1.82, 2.24) is 19.7 Å². The van der Waals surface area contributed by atoms with Crippen LogP contribution in [-0.2, 0) is 0 Å². The van der Waals surface area contributed by atoms with Crippen molar-refractivity contribution < 1.29 is 9.53 Å². The molecule has 0 bridgehead atoms. The standard InChI is InChI=1S/C18H19N5O2/c1-4-25-15-7-5-14(6-8-15)18(24)21-16-10-17(20-11-19-16)23-13(3)9-12(2)22-23/h5-11H,4H2,1-3H3,(H,19,20,21,24). The van der Waals surface area contributed by atoms with Gasteiger partial charge in [0, 0.05) is 17.3 Å². The fraction of sp³-hybridized carbons (Fsp3) is 0.222. The average molecular weight is 337 g/mol. The molecule has 1 N–H and O–H groups in total. The van der Waals surface area contributed by atoms with Gasteiger partial charge in [0.25, 0.3) is 5.91 Å². The van der Waals surface area contributed by atoms with Gasteiger partial charge in [0.05, 0.1) is 12.3 Å². The van der Waals surface area contributed by atoms with Gasteiger partial charge in [0.15, 0.2) is 5.82 Å². The summed E-state index contributed by atoms with van der Waals surface area (Å²) in [7, 11) is 0. The molecule has 0 aliphatic rings. The van der Waals surface area contributed by atoms with E-state index in [1.165, 1.54) is 6.33 Å². The average Bonchev–Trinajstić information content (AvgIpc) is 2.94. The van der Waals surface area contributed by atoms with Crippen LogP contribution in [0.1, 0.15) is 28.7 Å². The van der Waals surface area contributed by atoms with Gasteiger partial charge in [-0.25, -0.2) is 14.6 Å². The number of amides is 1. The quantitative estimate of drug-likeness (QED) is 0.774. The van der Waals surface area contributed by atoms with Crippen molar-refractivity contribution in [3.63, 3.8) is 0 Å². The Hall–Kier alpha value is -3.22. The maximum Gasteiger partial charge on any atom is 0.256 e. The zero-order chi connectivity index (χ0) is 17.8. The van der Waals surface area contributed by atoms with Gasteiger partial charge < -0.3 is 10.1 Å². The molecule has 0 aliphatic carbocycles. The number of carbonyl (C=O) groups is 1. The third kappa shape index (κ3) is 3.82. The summed E-state index contributed by atoms with van der Waals surface area (Å²) in [6.07, 6.45) is 1.40. The highest BCUT2D eigenvalue weighted by atomic mass is 16.5. The minimum atomic E-state index is -0.249. The summed E-state index contributed by atoms with van der Waals surface area (Å²) >= 11 is 0. The molecule has 7 nitrogen and oxygen atoms in total. The molecule has 0 radical (unpaired) electrons. The molecular weight excluding hydrogens is 318 g/mol. The summed E-state index contributed by atoms with van der Waals surface area (Å²) in [5.74, 6) is 1.49. The Kier molecular flexibility index (Phi) is 4.74. The van der Waals surface area contributed by atoms with Gasteiger partial charge in [0.2, 0.25) is 0 Å². The predicted octanol–water partition coefficient (Wildman–Crippen LogP) is 2.93. The van der Waals surface area contributed by atoms with Gasteiger partial charge in [-0.15, -0.1) is 0 Å². The predicted molar refractivity (Wildman–Crippen MR) is 94.2 cm³/mol.